The molecular formula is C17H20N6O3S. The van der Waals surface area contributed by atoms with Crippen LogP contribution in [0.2, 0.25) is 0 Å². The molecule has 1 N–H and O–H groups in total. The number of hydrogen-bond acceptors (Lipinski definition) is 7. The molecule has 0 saturated heterocycles. The van der Waals surface area contributed by atoms with Gasteiger partial charge in [0, 0.05) is 12.1 Å². The molecule has 3 atom stereocenters. The summed E-state index contributed by atoms with van der Waals surface area (Å²) in [4.78, 5) is 22.8. The third-order valence-corrected chi connectivity index (χ3v) is 6.45. The van der Waals surface area contributed by atoms with Crippen LogP contribution in [-0.2, 0) is 4.79 Å². The van der Waals surface area contributed by atoms with Crippen molar-refractivity contribution in [2.45, 2.75) is 43.8 Å². The second-order valence-electron chi connectivity index (χ2n) is 7.24. The van der Waals surface area contributed by atoms with Crippen LogP contribution < -0.4 is 5.32 Å². The number of rotatable bonds is 6. The SMILES string of the molecule is Cc1ccc([N+](=O)[O-])cc1NC(=O)CSc1nnnn1[C@H]1C[C@H]2CC[C@H]1C2. The van der Waals surface area contributed by atoms with Crippen molar-refractivity contribution in [1.29, 1.82) is 0 Å². The average molecular weight is 388 g/mol. The smallest absolute Gasteiger partial charge is 0.271 e. The second-order valence-corrected chi connectivity index (χ2v) is 8.18. The Morgan fingerprint density at radius 1 is 1.41 bits per heavy atom. The molecule has 0 radical (unpaired) electrons. The van der Waals surface area contributed by atoms with Gasteiger partial charge in [-0.25, -0.2) is 4.68 Å². The Bertz CT molecular complexity index is 885. The second kappa shape index (κ2) is 7.26. The van der Waals surface area contributed by atoms with E-state index in [1.165, 1.54) is 43.2 Å². The van der Waals surface area contributed by atoms with Gasteiger partial charge in [0.2, 0.25) is 11.1 Å². The molecule has 0 unspecified atom stereocenters. The van der Waals surface area contributed by atoms with Gasteiger partial charge in [0.1, 0.15) is 0 Å². The van der Waals surface area contributed by atoms with Crippen LogP contribution in [0.25, 0.3) is 0 Å². The first-order chi connectivity index (χ1) is 13.0. The molecule has 2 aliphatic rings. The molecule has 9 nitrogen and oxygen atoms in total. The number of anilines is 1. The summed E-state index contributed by atoms with van der Waals surface area (Å²) in [6, 6.07) is 4.75. The number of thioether (sulfide) groups is 1. The molecule has 0 spiro atoms. The van der Waals surface area contributed by atoms with Crippen LogP contribution in [-0.4, -0.2) is 36.8 Å². The first-order valence-electron chi connectivity index (χ1n) is 8.97. The van der Waals surface area contributed by atoms with Gasteiger partial charge in [-0.15, -0.1) is 5.10 Å². The van der Waals surface area contributed by atoms with Crippen molar-refractivity contribution in [3.8, 4) is 0 Å². The Morgan fingerprint density at radius 3 is 2.96 bits per heavy atom. The minimum atomic E-state index is -0.479. The molecule has 2 bridgehead atoms. The zero-order valence-corrected chi connectivity index (χ0v) is 15.7. The van der Waals surface area contributed by atoms with E-state index in [1.807, 2.05) is 4.68 Å². The number of amides is 1. The lowest BCUT2D eigenvalue weighted by molar-refractivity contribution is -0.384. The minimum Gasteiger partial charge on any atom is -0.325 e. The number of benzene rings is 1. The van der Waals surface area contributed by atoms with Gasteiger partial charge in [-0.05, 0) is 54.0 Å². The molecule has 1 aromatic carbocycles. The highest BCUT2D eigenvalue weighted by atomic mass is 32.2. The van der Waals surface area contributed by atoms with Gasteiger partial charge < -0.3 is 5.32 Å². The number of aromatic nitrogens is 4. The van der Waals surface area contributed by atoms with Gasteiger partial charge >= 0.3 is 0 Å². The molecule has 0 aliphatic heterocycles. The summed E-state index contributed by atoms with van der Waals surface area (Å²) in [5, 5.41) is 26.3. The van der Waals surface area contributed by atoms with Crippen LogP contribution in [0.3, 0.4) is 0 Å². The number of aryl methyl sites for hydroxylation is 1. The number of carbonyl (C=O) groups excluding carboxylic acids is 1. The van der Waals surface area contributed by atoms with Crippen molar-refractivity contribution >= 4 is 29.0 Å². The first-order valence-corrected chi connectivity index (χ1v) is 9.95. The monoisotopic (exact) mass is 388 g/mol. The highest BCUT2D eigenvalue weighted by Gasteiger charge is 2.42. The Labute approximate surface area is 160 Å². The Balaban J connectivity index is 1.39. The molecule has 27 heavy (non-hydrogen) atoms. The minimum absolute atomic E-state index is 0.0521. The zero-order chi connectivity index (χ0) is 19.0. The Kier molecular flexibility index (Phi) is 4.81. The standard InChI is InChI=1S/C17H20N6O3S/c1-10-2-5-13(23(25)26)8-14(10)18-16(24)9-27-17-19-20-21-22(17)15-7-11-3-4-12(15)6-11/h2,5,8,11-12,15H,3-4,6-7,9H2,1H3,(H,18,24)/t11-,12-,15-/m0/s1. The van der Waals surface area contributed by atoms with Crippen LogP contribution in [0.15, 0.2) is 23.4 Å². The van der Waals surface area contributed by atoms with Crippen molar-refractivity contribution in [2.75, 3.05) is 11.1 Å². The first kappa shape index (κ1) is 17.9. The third kappa shape index (κ3) is 3.66. The molecule has 2 aliphatic carbocycles. The van der Waals surface area contributed by atoms with E-state index in [0.29, 0.717) is 22.8 Å². The summed E-state index contributed by atoms with van der Waals surface area (Å²) < 4.78 is 1.88. The summed E-state index contributed by atoms with van der Waals surface area (Å²) in [6.45, 7) is 1.79. The fourth-order valence-electron chi connectivity index (χ4n) is 4.17. The van der Waals surface area contributed by atoms with Crippen molar-refractivity contribution in [3.05, 3.63) is 33.9 Å². The number of nitrogens with one attached hydrogen (secondary N) is 1. The van der Waals surface area contributed by atoms with E-state index in [9.17, 15) is 14.9 Å². The predicted octanol–water partition coefficient (Wildman–Crippen LogP) is 2.98. The molecule has 4 rings (SSSR count). The fourth-order valence-corrected chi connectivity index (χ4v) is 4.90. The zero-order valence-electron chi connectivity index (χ0n) is 14.9. The van der Waals surface area contributed by atoms with E-state index < -0.39 is 4.92 Å². The predicted molar refractivity (Wildman–Crippen MR) is 99.5 cm³/mol. The fraction of sp³-hybridized carbons (Fsp3) is 0.529. The van der Waals surface area contributed by atoms with Crippen LogP contribution in [0, 0.1) is 28.9 Å². The molecule has 2 saturated carbocycles. The quantitative estimate of drug-likeness (QED) is 0.459. The van der Waals surface area contributed by atoms with Crippen LogP contribution >= 0.6 is 11.8 Å². The number of fused-ring (bicyclic) bond motifs is 2. The van der Waals surface area contributed by atoms with E-state index >= 15 is 0 Å². The van der Waals surface area contributed by atoms with Gasteiger partial charge in [-0.3, -0.25) is 14.9 Å². The summed E-state index contributed by atoms with van der Waals surface area (Å²) in [5.74, 6) is 1.32. The van der Waals surface area contributed by atoms with Gasteiger partial charge in [0.25, 0.3) is 5.69 Å². The van der Waals surface area contributed by atoms with Gasteiger partial charge in [-0.2, -0.15) is 0 Å². The average Bonchev–Trinajstić information content (AvgIpc) is 3.37. The maximum atomic E-state index is 12.3. The van der Waals surface area contributed by atoms with Crippen LogP contribution in [0.5, 0.6) is 0 Å². The van der Waals surface area contributed by atoms with E-state index in [0.717, 1.165) is 17.9 Å². The lowest BCUT2D eigenvalue weighted by Gasteiger charge is -2.22. The lowest BCUT2D eigenvalue weighted by atomic mass is 9.96. The number of non-ortho nitro benzene ring substituents is 1. The molecular weight excluding hydrogens is 368 g/mol. The summed E-state index contributed by atoms with van der Waals surface area (Å²) in [7, 11) is 0. The maximum absolute atomic E-state index is 12.3. The van der Waals surface area contributed by atoms with E-state index in [1.54, 1.807) is 13.0 Å². The molecule has 2 aromatic rings. The van der Waals surface area contributed by atoms with Crippen molar-refractivity contribution in [2.24, 2.45) is 11.8 Å². The van der Waals surface area contributed by atoms with Gasteiger partial charge in [-0.1, -0.05) is 24.2 Å². The lowest BCUT2D eigenvalue weighted by Crippen LogP contribution is -2.19. The number of hydrogen-bond donors (Lipinski definition) is 1. The summed E-state index contributed by atoms with van der Waals surface area (Å²) >= 11 is 1.29. The number of nitro benzene ring substituents is 1. The normalized spacial score (nSPS) is 23.5. The largest absolute Gasteiger partial charge is 0.325 e. The molecule has 10 heteroatoms. The van der Waals surface area contributed by atoms with E-state index in [4.69, 9.17) is 0 Å². The molecule has 2 fully saturated rings. The van der Waals surface area contributed by atoms with Gasteiger partial charge in [0.05, 0.1) is 22.4 Å². The Hall–Kier alpha value is -2.49. The topological polar surface area (TPSA) is 116 Å². The molecule has 142 valence electrons. The number of nitrogens with zero attached hydrogens (tertiary/aromatic N) is 5. The number of carbonyl (C=O) groups is 1. The number of tetrazole rings is 1. The number of nitro groups is 1. The Morgan fingerprint density at radius 2 is 2.26 bits per heavy atom. The summed E-state index contributed by atoms with van der Waals surface area (Å²) in [5.41, 5.74) is 1.16. The van der Waals surface area contributed by atoms with Gasteiger partial charge in [0.15, 0.2) is 0 Å². The van der Waals surface area contributed by atoms with Crippen molar-refractivity contribution in [1.82, 2.24) is 20.2 Å². The highest BCUT2D eigenvalue weighted by Crippen LogP contribution is 2.50. The van der Waals surface area contributed by atoms with Crippen LogP contribution in [0.1, 0.15) is 37.3 Å². The van der Waals surface area contributed by atoms with Crippen molar-refractivity contribution < 1.29 is 9.72 Å². The molecule has 1 amide bonds. The highest BCUT2D eigenvalue weighted by molar-refractivity contribution is 7.99. The maximum Gasteiger partial charge on any atom is 0.271 e. The molecule has 1 heterocycles. The van der Waals surface area contributed by atoms with E-state index in [2.05, 4.69) is 20.8 Å². The summed E-state index contributed by atoms with van der Waals surface area (Å²) in [6.07, 6.45) is 4.89. The third-order valence-electron chi connectivity index (χ3n) is 5.52. The molecule has 1 aromatic heterocycles. The van der Waals surface area contributed by atoms with Crippen molar-refractivity contribution in [3.63, 3.8) is 0 Å². The van der Waals surface area contributed by atoms with Crippen LogP contribution in [0.4, 0.5) is 11.4 Å². The van der Waals surface area contributed by atoms with E-state index in [-0.39, 0.29) is 17.3 Å².